The molecule has 2 heteroatoms. The maximum Gasteiger partial charge on any atom is 0.130 e. The van der Waals surface area contributed by atoms with E-state index in [9.17, 15) is 0 Å². The summed E-state index contributed by atoms with van der Waals surface area (Å²) in [6.07, 6.45) is 4.14. The van der Waals surface area contributed by atoms with Crippen molar-refractivity contribution in [2.45, 2.75) is 19.8 Å². The lowest BCUT2D eigenvalue weighted by atomic mass is 9.87. The summed E-state index contributed by atoms with van der Waals surface area (Å²) < 4.78 is 11.4. The Morgan fingerprint density at radius 3 is 2.05 bits per heavy atom. The minimum atomic E-state index is 0.922. The maximum atomic E-state index is 5.69. The van der Waals surface area contributed by atoms with Crippen molar-refractivity contribution in [2.24, 2.45) is 0 Å². The monoisotopic (exact) mass is 254 g/mol. The molecule has 0 radical (unpaired) electrons. The first-order valence-corrected chi connectivity index (χ1v) is 6.56. The summed E-state index contributed by atoms with van der Waals surface area (Å²) in [4.78, 5) is 0. The smallest absolute Gasteiger partial charge is 0.130 e. The molecule has 1 aliphatic carbocycles. The first-order chi connectivity index (χ1) is 9.26. The SMILES string of the molecule is COc1c2c(c(OC)c3ccccc13)CC(C)=CC2. The molecule has 0 aliphatic heterocycles. The molecule has 0 atom stereocenters. The van der Waals surface area contributed by atoms with Gasteiger partial charge in [0.1, 0.15) is 11.5 Å². The summed E-state index contributed by atoms with van der Waals surface area (Å²) in [6, 6.07) is 8.29. The summed E-state index contributed by atoms with van der Waals surface area (Å²) in [5, 5.41) is 2.27. The quantitative estimate of drug-likeness (QED) is 0.757. The van der Waals surface area contributed by atoms with E-state index in [0.29, 0.717) is 0 Å². The van der Waals surface area contributed by atoms with Gasteiger partial charge in [-0.2, -0.15) is 0 Å². The molecular formula is C17H18O2. The van der Waals surface area contributed by atoms with E-state index >= 15 is 0 Å². The molecule has 2 aromatic rings. The first-order valence-electron chi connectivity index (χ1n) is 6.56. The van der Waals surface area contributed by atoms with Crippen LogP contribution in [-0.2, 0) is 12.8 Å². The lowest BCUT2D eigenvalue weighted by molar-refractivity contribution is 0.402. The highest BCUT2D eigenvalue weighted by atomic mass is 16.5. The molecule has 0 saturated heterocycles. The maximum absolute atomic E-state index is 5.69. The van der Waals surface area contributed by atoms with Crippen LogP contribution in [0.2, 0.25) is 0 Å². The van der Waals surface area contributed by atoms with Crippen molar-refractivity contribution >= 4 is 10.8 Å². The Hall–Kier alpha value is -1.96. The number of rotatable bonds is 2. The van der Waals surface area contributed by atoms with Crippen molar-refractivity contribution in [3.8, 4) is 11.5 Å². The van der Waals surface area contributed by atoms with E-state index in [1.807, 2.05) is 12.1 Å². The van der Waals surface area contributed by atoms with Crippen LogP contribution < -0.4 is 9.47 Å². The van der Waals surface area contributed by atoms with E-state index in [1.54, 1.807) is 14.2 Å². The molecular weight excluding hydrogens is 236 g/mol. The van der Waals surface area contributed by atoms with Gasteiger partial charge >= 0.3 is 0 Å². The Labute approximate surface area is 113 Å². The molecule has 0 unspecified atom stereocenters. The van der Waals surface area contributed by atoms with Gasteiger partial charge in [0, 0.05) is 21.9 Å². The number of hydrogen-bond donors (Lipinski definition) is 0. The van der Waals surface area contributed by atoms with E-state index in [0.717, 1.165) is 35.1 Å². The van der Waals surface area contributed by atoms with Crippen molar-refractivity contribution < 1.29 is 9.47 Å². The minimum absolute atomic E-state index is 0.922. The summed E-state index contributed by atoms with van der Waals surface area (Å²) in [7, 11) is 3.50. The Kier molecular flexibility index (Phi) is 2.94. The minimum Gasteiger partial charge on any atom is -0.496 e. The van der Waals surface area contributed by atoms with Crippen molar-refractivity contribution in [1.29, 1.82) is 0 Å². The predicted molar refractivity (Wildman–Crippen MR) is 78.2 cm³/mol. The number of fused-ring (bicyclic) bond motifs is 2. The zero-order chi connectivity index (χ0) is 13.4. The van der Waals surface area contributed by atoms with Crippen LogP contribution in [0.4, 0.5) is 0 Å². The second kappa shape index (κ2) is 4.61. The molecule has 0 amide bonds. The summed E-state index contributed by atoms with van der Waals surface area (Å²) in [5.41, 5.74) is 3.94. The van der Waals surface area contributed by atoms with E-state index in [1.165, 1.54) is 16.7 Å². The van der Waals surface area contributed by atoms with Crippen molar-refractivity contribution in [2.75, 3.05) is 14.2 Å². The topological polar surface area (TPSA) is 18.5 Å². The molecule has 0 saturated carbocycles. The van der Waals surface area contributed by atoms with Crippen LogP contribution in [0.5, 0.6) is 11.5 Å². The third kappa shape index (κ3) is 1.79. The van der Waals surface area contributed by atoms with E-state index in [-0.39, 0.29) is 0 Å². The summed E-state index contributed by atoms with van der Waals surface area (Å²) in [5.74, 6) is 1.99. The fraction of sp³-hybridized carbons (Fsp3) is 0.294. The van der Waals surface area contributed by atoms with Gasteiger partial charge in [-0.25, -0.2) is 0 Å². The Morgan fingerprint density at radius 2 is 1.47 bits per heavy atom. The molecule has 19 heavy (non-hydrogen) atoms. The second-order valence-corrected chi connectivity index (χ2v) is 5.00. The van der Waals surface area contributed by atoms with E-state index in [2.05, 4.69) is 25.1 Å². The van der Waals surface area contributed by atoms with Gasteiger partial charge in [0.2, 0.25) is 0 Å². The van der Waals surface area contributed by atoms with Crippen LogP contribution in [0.15, 0.2) is 35.9 Å². The van der Waals surface area contributed by atoms with Gasteiger partial charge < -0.3 is 9.47 Å². The van der Waals surface area contributed by atoms with Crippen LogP contribution in [0.1, 0.15) is 18.1 Å². The van der Waals surface area contributed by atoms with Gasteiger partial charge in [0.05, 0.1) is 14.2 Å². The van der Waals surface area contributed by atoms with Gasteiger partial charge in [0.15, 0.2) is 0 Å². The standard InChI is InChI=1S/C17H18O2/c1-11-8-9-14-15(10-11)17(19-3)13-7-5-4-6-12(13)16(14)18-2/h4-8H,9-10H2,1-3H3. The Bertz CT molecular complexity index is 669. The highest BCUT2D eigenvalue weighted by Crippen LogP contribution is 2.43. The van der Waals surface area contributed by atoms with Crippen LogP contribution >= 0.6 is 0 Å². The van der Waals surface area contributed by atoms with Gasteiger partial charge in [-0.3, -0.25) is 0 Å². The van der Waals surface area contributed by atoms with Crippen molar-refractivity contribution in [3.05, 3.63) is 47.0 Å². The molecule has 3 rings (SSSR count). The number of methoxy groups -OCH3 is 2. The molecule has 1 aliphatic rings. The summed E-state index contributed by atoms with van der Waals surface area (Å²) >= 11 is 0. The number of allylic oxidation sites excluding steroid dienone is 2. The molecule has 0 spiro atoms. The van der Waals surface area contributed by atoms with Gasteiger partial charge in [-0.15, -0.1) is 0 Å². The third-order valence-electron chi connectivity index (χ3n) is 3.85. The first kappa shape index (κ1) is 12.1. The number of benzene rings is 2. The van der Waals surface area contributed by atoms with E-state index < -0.39 is 0 Å². The van der Waals surface area contributed by atoms with Crippen molar-refractivity contribution in [1.82, 2.24) is 0 Å². The largest absolute Gasteiger partial charge is 0.496 e. The highest BCUT2D eigenvalue weighted by Gasteiger charge is 2.22. The molecule has 98 valence electrons. The summed E-state index contributed by atoms with van der Waals surface area (Å²) in [6.45, 7) is 2.17. The zero-order valence-corrected chi connectivity index (χ0v) is 11.6. The molecule has 0 fully saturated rings. The van der Waals surface area contributed by atoms with Crippen LogP contribution in [-0.4, -0.2) is 14.2 Å². The number of ether oxygens (including phenoxy) is 2. The lowest BCUT2D eigenvalue weighted by Gasteiger charge is -2.23. The van der Waals surface area contributed by atoms with Gasteiger partial charge in [-0.1, -0.05) is 35.9 Å². The molecule has 0 heterocycles. The second-order valence-electron chi connectivity index (χ2n) is 5.00. The fourth-order valence-corrected chi connectivity index (χ4v) is 2.97. The molecule has 2 aromatic carbocycles. The third-order valence-corrected chi connectivity index (χ3v) is 3.85. The zero-order valence-electron chi connectivity index (χ0n) is 11.6. The molecule has 0 N–H and O–H groups in total. The Balaban J connectivity index is 2.41. The molecule has 0 bridgehead atoms. The molecule has 2 nitrogen and oxygen atoms in total. The average Bonchev–Trinajstić information content (AvgIpc) is 2.44. The lowest BCUT2D eigenvalue weighted by Crippen LogP contribution is -2.07. The highest BCUT2D eigenvalue weighted by molar-refractivity contribution is 5.96. The normalized spacial score (nSPS) is 13.9. The van der Waals surface area contributed by atoms with Gasteiger partial charge in [-0.05, 0) is 19.8 Å². The van der Waals surface area contributed by atoms with Crippen molar-refractivity contribution in [3.63, 3.8) is 0 Å². The Morgan fingerprint density at radius 1 is 0.895 bits per heavy atom. The van der Waals surface area contributed by atoms with Crippen LogP contribution in [0.25, 0.3) is 10.8 Å². The average molecular weight is 254 g/mol. The van der Waals surface area contributed by atoms with Crippen LogP contribution in [0.3, 0.4) is 0 Å². The van der Waals surface area contributed by atoms with Crippen LogP contribution in [0, 0.1) is 0 Å². The number of hydrogen-bond acceptors (Lipinski definition) is 2. The van der Waals surface area contributed by atoms with E-state index in [4.69, 9.17) is 9.47 Å². The predicted octanol–water partition coefficient (Wildman–Crippen LogP) is 3.90. The fourth-order valence-electron chi connectivity index (χ4n) is 2.97. The molecule has 0 aromatic heterocycles. The van der Waals surface area contributed by atoms with Gasteiger partial charge in [0.25, 0.3) is 0 Å².